The maximum atomic E-state index is 12.0. The molecule has 0 atom stereocenters. The smallest absolute Gasteiger partial charge is 0.315 e. The summed E-state index contributed by atoms with van der Waals surface area (Å²) < 4.78 is 0. The first-order valence-electron chi connectivity index (χ1n) is 8.90. The third-order valence-corrected chi connectivity index (χ3v) is 5.70. The van der Waals surface area contributed by atoms with Crippen LogP contribution in [-0.4, -0.2) is 17.6 Å². The molecule has 2 N–H and O–H groups in total. The van der Waals surface area contributed by atoms with Gasteiger partial charge in [0.2, 0.25) is 0 Å². The number of aryl methyl sites for hydroxylation is 2. The minimum absolute atomic E-state index is 0.157. The number of carbonyl (C=O) groups is 1. The molecule has 0 aliphatic heterocycles. The predicted molar refractivity (Wildman–Crippen MR) is 112 cm³/mol. The van der Waals surface area contributed by atoms with Crippen molar-refractivity contribution >= 4 is 29.0 Å². The summed E-state index contributed by atoms with van der Waals surface area (Å²) >= 11 is 7.81. The fourth-order valence-corrected chi connectivity index (χ4v) is 4.03. The van der Waals surface area contributed by atoms with Crippen LogP contribution in [0.1, 0.15) is 22.6 Å². The maximum absolute atomic E-state index is 12.0. The number of nitrogens with zero attached hydrogens (tertiary/aromatic N) is 1. The molecule has 0 saturated heterocycles. The lowest BCUT2D eigenvalue weighted by Gasteiger charge is -2.07. The molecule has 6 heteroatoms. The number of thiazole rings is 1. The molecular formula is C21H22ClN3OS. The average molecular weight is 400 g/mol. The van der Waals surface area contributed by atoms with E-state index in [1.54, 1.807) is 11.3 Å². The van der Waals surface area contributed by atoms with Crippen molar-refractivity contribution in [3.8, 4) is 10.6 Å². The van der Waals surface area contributed by atoms with Gasteiger partial charge in [0.25, 0.3) is 0 Å². The second kappa shape index (κ2) is 9.53. The van der Waals surface area contributed by atoms with E-state index in [9.17, 15) is 4.79 Å². The zero-order valence-corrected chi connectivity index (χ0v) is 16.7. The van der Waals surface area contributed by atoms with Gasteiger partial charge in [-0.1, -0.05) is 60.1 Å². The number of urea groups is 1. The van der Waals surface area contributed by atoms with Gasteiger partial charge in [-0.3, -0.25) is 0 Å². The first kappa shape index (κ1) is 19.4. The van der Waals surface area contributed by atoms with E-state index in [4.69, 9.17) is 11.6 Å². The summed E-state index contributed by atoms with van der Waals surface area (Å²) in [7, 11) is 0. The standard InChI is InChI=1S/C21H22ClN3OS/c1-15-19(27-20(25-15)17-11-5-6-12-18(17)22)14-24-21(26)23-13-7-10-16-8-3-2-4-9-16/h2-6,8-9,11-12H,7,10,13-14H2,1H3,(H2,23,24,26). The first-order chi connectivity index (χ1) is 13.1. The van der Waals surface area contributed by atoms with Crippen molar-refractivity contribution in [2.75, 3.05) is 6.54 Å². The second-order valence-electron chi connectivity index (χ2n) is 6.21. The lowest BCUT2D eigenvalue weighted by atomic mass is 10.1. The Labute approximate surface area is 168 Å². The Hall–Kier alpha value is -2.37. The number of carbonyl (C=O) groups excluding carboxylic acids is 1. The van der Waals surface area contributed by atoms with Gasteiger partial charge in [0.15, 0.2) is 0 Å². The number of halogens is 1. The third-order valence-electron chi connectivity index (χ3n) is 4.18. The molecule has 0 unspecified atom stereocenters. The van der Waals surface area contributed by atoms with Crippen molar-refractivity contribution in [2.45, 2.75) is 26.3 Å². The van der Waals surface area contributed by atoms with Gasteiger partial charge in [-0.25, -0.2) is 9.78 Å². The SMILES string of the molecule is Cc1nc(-c2ccccc2Cl)sc1CNC(=O)NCCCc1ccccc1. The molecular weight excluding hydrogens is 378 g/mol. The highest BCUT2D eigenvalue weighted by atomic mass is 35.5. The summed E-state index contributed by atoms with van der Waals surface area (Å²) in [5.74, 6) is 0. The highest BCUT2D eigenvalue weighted by Gasteiger charge is 2.12. The van der Waals surface area contributed by atoms with Gasteiger partial charge < -0.3 is 10.6 Å². The molecule has 1 heterocycles. The molecule has 0 aliphatic rings. The van der Waals surface area contributed by atoms with Crippen molar-refractivity contribution in [2.24, 2.45) is 0 Å². The van der Waals surface area contributed by atoms with Gasteiger partial charge in [0.1, 0.15) is 5.01 Å². The number of aromatic nitrogens is 1. The van der Waals surface area contributed by atoms with Gasteiger partial charge >= 0.3 is 6.03 Å². The topological polar surface area (TPSA) is 54.0 Å². The molecule has 0 bridgehead atoms. The highest BCUT2D eigenvalue weighted by molar-refractivity contribution is 7.15. The van der Waals surface area contributed by atoms with Crippen molar-refractivity contribution in [3.63, 3.8) is 0 Å². The number of benzene rings is 2. The molecule has 3 aromatic rings. The predicted octanol–water partition coefficient (Wildman–Crippen LogP) is 5.20. The maximum Gasteiger partial charge on any atom is 0.315 e. The van der Waals surface area contributed by atoms with Crippen LogP contribution in [0.15, 0.2) is 54.6 Å². The van der Waals surface area contributed by atoms with Gasteiger partial charge in [-0.15, -0.1) is 11.3 Å². The van der Waals surface area contributed by atoms with E-state index in [1.165, 1.54) is 5.56 Å². The molecule has 0 aliphatic carbocycles. The summed E-state index contributed by atoms with van der Waals surface area (Å²) in [5.41, 5.74) is 3.12. The Balaban J connectivity index is 1.46. The summed E-state index contributed by atoms with van der Waals surface area (Å²) in [4.78, 5) is 17.6. The second-order valence-corrected chi connectivity index (χ2v) is 7.70. The molecule has 0 fully saturated rings. The fraction of sp³-hybridized carbons (Fsp3) is 0.238. The largest absolute Gasteiger partial charge is 0.338 e. The van der Waals surface area contributed by atoms with Gasteiger partial charge in [-0.2, -0.15) is 0 Å². The quantitative estimate of drug-likeness (QED) is 0.536. The number of hydrogen-bond acceptors (Lipinski definition) is 3. The van der Waals surface area contributed by atoms with Crippen LogP contribution in [0.4, 0.5) is 4.79 Å². The van der Waals surface area contributed by atoms with Gasteiger partial charge in [0, 0.05) is 17.0 Å². The zero-order valence-electron chi connectivity index (χ0n) is 15.2. The summed E-state index contributed by atoms with van der Waals surface area (Å²) in [6.07, 6.45) is 1.87. The monoisotopic (exact) mass is 399 g/mol. The minimum Gasteiger partial charge on any atom is -0.338 e. The zero-order chi connectivity index (χ0) is 19.1. The van der Waals surface area contributed by atoms with E-state index in [0.717, 1.165) is 34.0 Å². The highest BCUT2D eigenvalue weighted by Crippen LogP contribution is 2.32. The van der Waals surface area contributed by atoms with Crippen molar-refractivity contribution < 1.29 is 4.79 Å². The Morgan fingerprint density at radius 1 is 1.07 bits per heavy atom. The Morgan fingerprint density at radius 2 is 1.81 bits per heavy atom. The van der Waals surface area contributed by atoms with E-state index in [2.05, 4.69) is 27.8 Å². The first-order valence-corrected chi connectivity index (χ1v) is 10.1. The van der Waals surface area contributed by atoms with Crippen LogP contribution < -0.4 is 10.6 Å². The summed E-state index contributed by atoms with van der Waals surface area (Å²) in [6, 6.07) is 17.8. The van der Waals surface area contributed by atoms with E-state index >= 15 is 0 Å². The molecule has 0 radical (unpaired) electrons. The Kier molecular flexibility index (Phi) is 6.85. The molecule has 2 aromatic carbocycles. The van der Waals surface area contributed by atoms with Crippen LogP contribution in [0.3, 0.4) is 0 Å². The van der Waals surface area contributed by atoms with E-state index in [0.29, 0.717) is 18.1 Å². The molecule has 27 heavy (non-hydrogen) atoms. The number of rotatable bonds is 7. The normalized spacial score (nSPS) is 10.6. The molecule has 0 spiro atoms. The average Bonchev–Trinajstić information content (AvgIpc) is 3.05. The van der Waals surface area contributed by atoms with Crippen LogP contribution in [0, 0.1) is 6.92 Å². The molecule has 3 rings (SSSR count). The summed E-state index contributed by atoms with van der Waals surface area (Å²) in [5, 5.41) is 7.36. The Bertz CT molecular complexity index is 895. The van der Waals surface area contributed by atoms with E-state index in [1.807, 2.05) is 49.4 Å². The lowest BCUT2D eigenvalue weighted by molar-refractivity contribution is 0.240. The lowest BCUT2D eigenvalue weighted by Crippen LogP contribution is -2.35. The van der Waals surface area contributed by atoms with Crippen LogP contribution in [0.25, 0.3) is 10.6 Å². The van der Waals surface area contributed by atoms with Crippen LogP contribution in [-0.2, 0) is 13.0 Å². The van der Waals surface area contributed by atoms with Crippen molar-refractivity contribution in [3.05, 3.63) is 75.8 Å². The molecule has 1 aromatic heterocycles. The number of nitrogens with one attached hydrogen (secondary N) is 2. The van der Waals surface area contributed by atoms with E-state index < -0.39 is 0 Å². The minimum atomic E-state index is -0.157. The van der Waals surface area contributed by atoms with Crippen LogP contribution in [0.5, 0.6) is 0 Å². The molecule has 2 amide bonds. The van der Waals surface area contributed by atoms with Crippen molar-refractivity contribution in [1.82, 2.24) is 15.6 Å². The van der Waals surface area contributed by atoms with Gasteiger partial charge in [-0.05, 0) is 31.4 Å². The van der Waals surface area contributed by atoms with Crippen molar-refractivity contribution in [1.29, 1.82) is 0 Å². The summed E-state index contributed by atoms with van der Waals surface area (Å²) in [6.45, 7) is 3.05. The molecule has 0 saturated carbocycles. The number of amides is 2. The fourth-order valence-electron chi connectivity index (χ4n) is 2.70. The Morgan fingerprint density at radius 3 is 2.59 bits per heavy atom. The number of hydrogen-bond donors (Lipinski definition) is 2. The van der Waals surface area contributed by atoms with E-state index in [-0.39, 0.29) is 6.03 Å². The molecule has 140 valence electrons. The van der Waals surface area contributed by atoms with Gasteiger partial charge in [0.05, 0.1) is 17.3 Å². The molecule has 4 nitrogen and oxygen atoms in total. The third kappa shape index (κ3) is 5.55. The van der Waals surface area contributed by atoms with Crippen LogP contribution in [0.2, 0.25) is 5.02 Å². The van der Waals surface area contributed by atoms with Crippen LogP contribution >= 0.6 is 22.9 Å².